The van der Waals surface area contributed by atoms with Crippen molar-refractivity contribution < 1.29 is 14.3 Å². The predicted octanol–water partition coefficient (Wildman–Crippen LogP) is 4.61. The van der Waals surface area contributed by atoms with Gasteiger partial charge in [0.25, 0.3) is 0 Å². The summed E-state index contributed by atoms with van der Waals surface area (Å²) in [5, 5.41) is 11.7. The fourth-order valence-corrected chi connectivity index (χ4v) is 3.18. The lowest BCUT2D eigenvalue weighted by Gasteiger charge is -2.07. The van der Waals surface area contributed by atoms with Crippen LogP contribution < -0.4 is 5.32 Å². The number of anilines is 1. The number of hydrogen-bond donors (Lipinski definition) is 2. The van der Waals surface area contributed by atoms with Crippen molar-refractivity contribution in [3.8, 4) is 0 Å². The van der Waals surface area contributed by atoms with Crippen LogP contribution in [0.2, 0.25) is 4.34 Å². The van der Waals surface area contributed by atoms with Gasteiger partial charge in [0.15, 0.2) is 0 Å². The van der Waals surface area contributed by atoms with Crippen LogP contribution in [0.4, 0.5) is 10.1 Å². The number of rotatable bonds is 4. The summed E-state index contributed by atoms with van der Waals surface area (Å²) >= 11 is 10.6. The molecule has 2 aromatic rings. The number of aromatic carboxylic acids is 1. The predicted molar refractivity (Wildman–Crippen MR) is 77.7 cm³/mol. The third-order valence-corrected chi connectivity index (χ3v) is 4.84. The molecule has 2 rings (SSSR count). The van der Waals surface area contributed by atoms with Crippen LogP contribution in [0.1, 0.15) is 15.2 Å². The Kier molecular flexibility index (Phi) is 4.44. The Balaban J connectivity index is 2.14. The van der Waals surface area contributed by atoms with Crippen molar-refractivity contribution in [1.82, 2.24) is 0 Å². The van der Waals surface area contributed by atoms with Gasteiger partial charge >= 0.3 is 5.97 Å². The summed E-state index contributed by atoms with van der Waals surface area (Å²) in [6, 6.07) is 5.45. The minimum absolute atomic E-state index is 0.0364. The first-order valence-corrected chi connectivity index (χ1v) is 7.16. The van der Waals surface area contributed by atoms with Gasteiger partial charge in [0, 0.05) is 15.9 Å². The Hall–Kier alpha value is -1.11. The van der Waals surface area contributed by atoms with Gasteiger partial charge in [-0.15, -0.1) is 11.3 Å². The molecule has 0 amide bonds. The SMILES string of the molecule is O=C(O)c1ccc(F)c(NCc2cc(Br)c(Cl)s2)c1. The van der Waals surface area contributed by atoms with E-state index in [2.05, 4.69) is 21.2 Å². The standard InChI is InChI=1S/C12H8BrClFNO2S/c13-8-4-7(19-11(8)14)5-16-10-3-6(12(17)18)1-2-9(10)15/h1-4,16H,5H2,(H,17,18). The first kappa shape index (κ1) is 14.3. The van der Waals surface area contributed by atoms with Crippen molar-refractivity contribution >= 4 is 50.5 Å². The quantitative estimate of drug-likeness (QED) is 0.832. The normalized spacial score (nSPS) is 10.5. The Morgan fingerprint density at radius 3 is 2.79 bits per heavy atom. The zero-order valence-corrected chi connectivity index (χ0v) is 12.6. The monoisotopic (exact) mass is 363 g/mol. The summed E-state index contributed by atoms with van der Waals surface area (Å²) < 4.78 is 14.9. The minimum Gasteiger partial charge on any atom is -0.478 e. The molecule has 0 bridgehead atoms. The number of carboxylic acid groups (broad SMARTS) is 1. The van der Waals surface area contributed by atoms with Crippen molar-refractivity contribution in [2.24, 2.45) is 0 Å². The second kappa shape index (κ2) is 5.90. The molecule has 2 N–H and O–H groups in total. The van der Waals surface area contributed by atoms with Crippen LogP contribution in [0.3, 0.4) is 0 Å². The summed E-state index contributed by atoms with van der Waals surface area (Å²) in [6.07, 6.45) is 0. The van der Waals surface area contributed by atoms with Crippen molar-refractivity contribution in [3.63, 3.8) is 0 Å². The molecule has 1 aromatic heterocycles. The maximum atomic E-state index is 13.5. The average Bonchev–Trinajstić information content (AvgIpc) is 2.67. The fourth-order valence-electron chi connectivity index (χ4n) is 1.45. The molecule has 0 fully saturated rings. The molecule has 0 spiro atoms. The largest absolute Gasteiger partial charge is 0.478 e. The van der Waals surface area contributed by atoms with E-state index in [0.717, 1.165) is 15.4 Å². The van der Waals surface area contributed by atoms with Crippen molar-refractivity contribution in [3.05, 3.63) is 49.3 Å². The molecular weight excluding hydrogens is 357 g/mol. The van der Waals surface area contributed by atoms with Crippen LogP contribution in [0.5, 0.6) is 0 Å². The van der Waals surface area contributed by atoms with Gasteiger partial charge in [0.05, 0.1) is 11.3 Å². The number of carboxylic acids is 1. The molecule has 0 radical (unpaired) electrons. The van der Waals surface area contributed by atoms with Gasteiger partial charge in [-0.25, -0.2) is 9.18 Å². The van der Waals surface area contributed by atoms with E-state index >= 15 is 0 Å². The van der Waals surface area contributed by atoms with E-state index in [4.69, 9.17) is 16.7 Å². The minimum atomic E-state index is -1.09. The molecule has 0 aliphatic carbocycles. The lowest BCUT2D eigenvalue weighted by molar-refractivity contribution is 0.0697. The first-order valence-electron chi connectivity index (χ1n) is 5.18. The number of halogens is 3. The van der Waals surface area contributed by atoms with Gasteiger partial charge in [-0.3, -0.25) is 0 Å². The maximum absolute atomic E-state index is 13.5. The third-order valence-electron chi connectivity index (χ3n) is 2.36. The molecule has 0 aliphatic rings. The summed E-state index contributed by atoms with van der Waals surface area (Å²) in [7, 11) is 0. The van der Waals surface area contributed by atoms with Gasteiger partial charge in [0.2, 0.25) is 0 Å². The highest BCUT2D eigenvalue weighted by Gasteiger charge is 2.09. The summed E-state index contributed by atoms with van der Waals surface area (Å²) in [4.78, 5) is 11.7. The van der Waals surface area contributed by atoms with Crippen LogP contribution in [0.15, 0.2) is 28.7 Å². The molecule has 0 saturated heterocycles. The molecular formula is C12H8BrClFNO2S. The van der Waals surface area contributed by atoms with Crippen molar-refractivity contribution in [2.45, 2.75) is 6.54 Å². The van der Waals surface area contributed by atoms with Crippen LogP contribution in [0, 0.1) is 5.82 Å². The topological polar surface area (TPSA) is 49.3 Å². The number of carbonyl (C=O) groups is 1. The highest BCUT2D eigenvalue weighted by molar-refractivity contribution is 9.10. The second-order valence-electron chi connectivity index (χ2n) is 3.69. The summed E-state index contributed by atoms with van der Waals surface area (Å²) in [5.74, 6) is -1.59. The van der Waals surface area contributed by atoms with Crippen LogP contribution in [0.25, 0.3) is 0 Å². The molecule has 1 heterocycles. The molecule has 0 atom stereocenters. The Labute approximate surface area is 126 Å². The van der Waals surface area contributed by atoms with Crippen LogP contribution >= 0.6 is 38.9 Å². The van der Waals surface area contributed by atoms with Crippen molar-refractivity contribution in [2.75, 3.05) is 5.32 Å². The smallest absolute Gasteiger partial charge is 0.335 e. The molecule has 100 valence electrons. The molecule has 19 heavy (non-hydrogen) atoms. The van der Waals surface area contributed by atoms with Gasteiger partial charge in [-0.2, -0.15) is 0 Å². The fraction of sp³-hybridized carbons (Fsp3) is 0.0833. The lowest BCUT2D eigenvalue weighted by Crippen LogP contribution is -2.03. The van der Waals surface area contributed by atoms with E-state index < -0.39 is 11.8 Å². The Morgan fingerprint density at radius 2 is 2.21 bits per heavy atom. The van der Waals surface area contributed by atoms with Crippen molar-refractivity contribution in [1.29, 1.82) is 0 Å². The van der Waals surface area contributed by atoms with E-state index in [9.17, 15) is 9.18 Å². The van der Waals surface area contributed by atoms with E-state index in [1.54, 1.807) is 0 Å². The Morgan fingerprint density at radius 1 is 1.47 bits per heavy atom. The van der Waals surface area contributed by atoms with Gasteiger partial charge in [0.1, 0.15) is 10.2 Å². The van der Waals surface area contributed by atoms with Gasteiger partial charge < -0.3 is 10.4 Å². The second-order valence-corrected chi connectivity index (χ2v) is 6.28. The van der Waals surface area contributed by atoms with Gasteiger partial charge in [-0.05, 0) is 40.2 Å². The number of thiophene rings is 1. The average molecular weight is 365 g/mol. The highest BCUT2D eigenvalue weighted by Crippen LogP contribution is 2.32. The number of hydrogen-bond acceptors (Lipinski definition) is 3. The number of benzene rings is 1. The summed E-state index contributed by atoms with van der Waals surface area (Å²) in [5.41, 5.74) is 0.190. The Bertz CT molecular complexity index is 613. The lowest BCUT2D eigenvalue weighted by atomic mass is 10.2. The van der Waals surface area contributed by atoms with E-state index in [-0.39, 0.29) is 11.3 Å². The van der Waals surface area contributed by atoms with Crippen LogP contribution in [-0.2, 0) is 6.54 Å². The van der Waals surface area contributed by atoms with Crippen LogP contribution in [-0.4, -0.2) is 11.1 Å². The third kappa shape index (κ3) is 3.46. The molecule has 0 aliphatic heterocycles. The maximum Gasteiger partial charge on any atom is 0.335 e. The van der Waals surface area contributed by atoms with E-state index in [0.29, 0.717) is 10.9 Å². The molecule has 7 heteroatoms. The zero-order valence-electron chi connectivity index (χ0n) is 9.41. The molecule has 3 nitrogen and oxygen atoms in total. The van der Waals surface area contributed by atoms with Gasteiger partial charge in [-0.1, -0.05) is 11.6 Å². The van der Waals surface area contributed by atoms with E-state index in [1.807, 2.05) is 6.07 Å². The highest BCUT2D eigenvalue weighted by atomic mass is 79.9. The molecule has 0 unspecified atom stereocenters. The zero-order chi connectivity index (χ0) is 14.0. The molecule has 0 saturated carbocycles. The molecule has 1 aromatic carbocycles. The van der Waals surface area contributed by atoms with E-state index in [1.165, 1.54) is 23.5 Å². The first-order chi connectivity index (χ1) is 8.97. The number of nitrogens with one attached hydrogen (secondary N) is 1. The summed E-state index contributed by atoms with van der Waals surface area (Å²) in [6.45, 7) is 0.371.